The van der Waals surface area contributed by atoms with Gasteiger partial charge in [-0.15, -0.1) is 0 Å². The fourth-order valence-electron chi connectivity index (χ4n) is 14.8. The van der Waals surface area contributed by atoms with Crippen molar-refractivity contribution in [3.63, 3.8) is 0 Å². The largest absolute Gasteiger partial charge is 0.458 e. The van der Waals surface area contributed by atoms with Crippen LogP contribution in [0.5, 0.6) is 0 Å². The molecule has 0 atom stereocenters. The maximum absolute atomic E-state index is 6.10. The second-order valence-electron chi connectivity index (χ2n) is 30.9. The molecule has 21 rings (SSSR count). The van der Waals surface area contributed by atoms with Crippen LogP contribution in [0.2, 0.25) is 0 Å². The standard InChI is InChI=1S/C19H20N6O.C18H15N7O.3C18H18N6O/c1-10-8-13(5-6-15(10)20)9-14-12(3)24-25-17(14)22-19(21)23-18(25)16-7-4-11(2)26-16;1-10-5-6-15(26-10)17-23-18(19)22-16-12(8-21-25(16)17)7-11-3-2-4-14-13(11)9-20-24-14;1-10-7-12(4-5-14(10)19)8-13-9-21-24-16(13)22-18(20)23-17(24)15-6-3-11(2)25-15;1-10-3-5-14(19)8-12(10)7-13-9-21-24-16(13)22-18(20)23-17(24)15-6-4-11(2)25-15;1-10-3-5-14(19)12(7-10)8-13-9-21-24-16(13)22-18(20)23-17(24)15-6-4-11(2)25-15/h4-8H,9,20H2,1-3H3,(H2,21,22);2-6,8-9H,7H2,1H3,(H2,19,22)(H,20,24);3-7,9H,8,19H2,1-2H3,(H2,20,22);3-6,8-9H,7,19H2,1-2H3,(H2,20,22);3-7,9H,8,19H2,1-2H3,(H2,20,22). The number of hydrogen-bond acceptors (Lipinski definition) is 30. The summed E-state index contributed by atoms with van der Waals surface area (Å²) in [5, 5.41) is 30.6. The zero-order chi connectivity index (χ0) is 88.7. The highest BCUT2D eigenvalue weighted by Gasteiger charge is 2.25. The predicted octanol–water partition coefficient (Wildman–Crippen LogP) is 14.1. The molecule has 0 spiro atoms. The molecule has 5 aromatic carbocycles. The molecule has 127 heavy (non-hydrogen) atoms. The van der Waals surface area contributed by atoms with Crippen molar-refractivity contribution in [3.8, 4) is 57.9 Å². The topological polar surface area (TPSA) is 544 Å². The Morgan fingerprint density at radius 1 is 0.299 bits per heavy atom. The van der Waals surface area contributed by atoms with Crippen molar-refractivity contribution in [2.45, 2.75) is 101 Å². The molecule has 36 nitrogen and oxygen atoms in total. The van der Waals surface area contributed by atoms with E-state index in [-0.39, 0.29) is 29.7 Å². The number of fused-ring (bicyclic) bond motifs is 6. The summed E-state index contributed by atoms with van der Waals surface area (Å²) < 4.78 is 36.7. The van der Waals surface area contributed by atoms with Gasteiger partial charge in [-0.25, -0.2) is 0 Å². The lowest BCUT2D eigenvalue weighted by Crippen LogP contribution is -2.05. The van der Waals surface area contributed by atoms with E-state index in [0.29, 0.717) is 118 Å². The first kappa shape index (κ1) is 82.2. The number of furan rings is 5. The summed E-state index contributed by atoms with van der Waals surface area (Å²) in [6.45, 7) is 19.4. The van der Waals surface area contributed by atoms with Gasteiger partial charge in [0.2, 0.25) is 58.9 Å². The molecule has 0 amide bonds. The number of nitrogens with two attached hydrogens (primary N) is 9. The third-order valence-electron chi connectivity index (χ3n) is 21.3. The smallest absolute Gasteiger partial charge is 0.224 e. The molecule has 0 aliphatic heterocycles. The molecule has 36 heteroatoms. The van der Waals surface area contributed by atoms with E-state index in [2.05, 4.69) is 117 Å². The summed E-state index contributed by atoms with van der Waals surface area (Å²) in [6.07, 6.45) is 12.3. The first-order valence-corrected chi connectivity index (χ1v) is 40.3. The van der Waals surface area contributed by atoms with Gasteiger partial charge >= 0.3 is 0 Å². The van der Waals surface area contributed by atoms with Crippen LogP contribution in [0, 0.1) is 69.2 Å². The average molecular weight is 1700 g/mol. The van der Waals surface area contributed by atoms with Crippen LogP contribution in [0.3, 0.4) is 0 Å². The van der Waals surface area contributed by atoms with Crippen LogP contribution in [0.25, 0.3) is 97.1 Å². The first-order chi connectivity index (χ1) is 61.1. The van der Waals surface area contributed by atoms with Gasteiger partial charge in [-0.3, -0.25) is 5.10 Å². The molecule has 0 saturated carbocycles. The van der Waals surface area contributed by atoms with Crippen LogP contribution >= 0.6 is 0 Å². The highest BCUT2D eigenvalue weighted by molar-refractivity contribution is 5.82. The molecular weight excluding hydrogens is 1610 g/mol. The van der Waals surface area contributed by atoms with Gasteiger partial charge in [0.1, 0.15) is 28.8 Å². The maximum atomic E-state index is 6.10. The Kier molecular flexibility index (Phi) is 22.1. The number of aryl methyl sites for hydroxylation is 10. The Morgan fingerprint density at radius 3 is 1.09 bits per heavy atom. The molecule has 638 valence electrons. The monoisotopic (exact) mass is 1700 g/mol. The maximum Gasteiger partial charge on any atom is 0.224 e. The number of H-pyrrole nitrogens is 1. The Hall–Kier alpha value is -17.1. The molecule has 0 bridgehead atoms. The third kappa shape index (κ3) is 17.3. The van der Waals surface area contributed by atoms with E-state index in [0.717, 1.165) is 146 Å². The van der Waals surface area contributed by atoms with Crippen LogP contribution in [-0.4, -0.2) is 108 Å². The summed E-state index contributed by atoms with van der Waals surface area (Å²) in [5.41, 5.74) is 76.6. The minimum Gasteiger partial charge on any atom is -0.458 e. The van der Waals surface area contributed by atoms with Crippen molar-refractivity contribution in [2.24, 2.45) is 0 Å². The molecule has 0 fully saturated rings. The minimum atomic E-state index is 0.176. The minimum absolute atomic E-state index is 0.176. The molecule has 0 aliphatic carbocycles. The Morgan fingerprint density at radius 2 is 0.677 bits per heavy atom. The van der Waals surface area contributed by atoms with Gasteiger partial charge in [-0.05, 0) is 211 Å². The Labute approximate surface area is 724 Å². The second-order valence-corrected chi connectivity index (χ2v) is 30.9. The Bertz CT molecular complexity index is 7520. The van der Waals surface area contributed by atoms with E-state index in [1.54, 1.807) is 47.4 Å². The van der Waals surface area contributed by atoms with E-state index in [1.165, 1.54) is 0 Å². The summed E-state index contributed by atoms with van der Waals surface area (Å²) in [4.78, 5) is 43.4. The quantitative estimate of drug-likeness (QED) is 0.0426. The molecule has 16 heterocycles. The van der Waals surface area contributed by atoms with E-state index in [4.69, 9.17) is 73.7 Å². The molecule has 19 N–H and O–H groups in total. The lowest BCUT2D eigenvalue weighted by molar-refractivity contribution is 0.541. The van der Waals surface area contributed by atoms with Crippen molar-refractivity contribution in [1.29, 1.82) is 0 Å². The number of nitrogens with zero attached hydrogens (tertiary/aromatic N) is 21. The number of benzene rings is 5. The predicted molar refractivity (Wildman–Crippen MR) is 485 cm³/mol. The average Bonchev–Trinajstić information content (AvgIpc) is 1.63. The first-order valence-electron chi connectivity index (χ1n) is 40.3. The van der Waals surface area contributed by atoms with E-state index >= 15 is 0 Å². The molecule has 21 aromatic rings. The highest BCUT2D eigenvalue weighted by Crippen LogP contribution is 2.33. The van der Waals surface area contributed by atoms with Gasteiger partial charge in [-0.1, -0.05) is 60.2 Å². The number of rotatable bonds is 15. The molecule has 0 aliphatic rings. The summed E-state index contributed by atoms with van der Waals surface area (Å²) in [6, 6.07) is 48.6. The number of aromatic nitrogens is 22. The fourth-order valence-corrected chi connectivity index (χ4v) is 14.8. The van der Waals surface area contributed by atoms with Crippen LogP contribution < -0.4 is 51.6 Å². The summed E-state index contributed by atoms with van der Waals surface area (Å²) in [7, 11) is 0. The van der Waals surface area contributed by atoms with Crippen molar-refractivity contribution in [1.82, 2.24) is 108 Å². The molecular formula is C91H89N31O5. The van der Waals surface area contributed by atoms with Crippen LogP contribution in [0.1, 0.15) is 112 Å². The van der Waals surface area contributed by atoms with Crippen molar-refractivity contribution < 1.29 is 22.1 Å². The fraction of sp³-hybridized carbons (Fsp3) is 0.165. The second kappa shape index (κ2) is 34.1. The van der Waals surface area contributed by atoms with Gasteiger partial charge < -0.3 is 73.7 Å². The lowest BCUT2D eigenvalue weighted by Gasteiger charge is -2.07. The highest BCUT2D eigenvalue weighted by atomic mass is 16.4. The van der Waals surface area contributed by atoms with Crippen LogP contribution in [-0.2, 0) is 32.1 Å². The normalized spacial score (nSPS) is 11.4. The molecule has 0 radical (unpaired) electrons. The van der Waals surface area contributed by atoms with Gasteiger partial charge in [0.05, 0.1) is 42.2 Å². The molecule has 16 aromatic heterocycles. The van der Waals surface area contributed by atoms with Crippen LogP contribution in [0.4, 0.5) is 52.5 Å². The van der Waals surface area contributed by atoms with Gasteiger partial charge in [-0.2, -0.15) is 103 Å². The third-order valence-corrected chi connectivity index (χ3v) is 21.3. The molecule has 0 unspecified atom stereocenters. The Balaban J connectivity index is 0.000000112. The number of hydrogen-bond donors (Lipinski definition) is 10. The zero-order valence-corrected chi connectivity index (χ0v) is 71.0. The van der Waals surface area contributed by atoms with Crippen LogP contribution in [0.15, 0.2) is 205 Å². The number of nitrogens with one attached hydrogen (secondary N) is 1. The van der Waals surface area contributed by atoms with E-state index in [1.807, 2.05) is 196 Å². The summed E-state index contributed by atoms with van der Waals surface area (Å²) >= 11 is 0. The molecule has 0 saturated heterocycles. The van der Waals surface area contributed by atoms with E-state index in [9.17, 15) is 0 Å². The van der Waals surface area contributed by atoms with Gasteiger partial charge in [0.25, 0.3) is 0 Å². The van der Waals surface area contributed by atoms with Gasteiger partial charge in [0.15, 0.2) is 57.0 Å². The van der Waals surface area contributed by atoms with Crippen molar-refractivity contribution in [3.05, 3.63) is 295 Å². The number of nitrogen functional groups attached to an aromatic ring is 9. The van der Waals surface area contributed by atoms with Gasteiger partial charge in [0, 0.05) is 88.1 Å². The lowest BCUT2D eigenvalue weighted by atomic mass is 10.0. The van der Waals surface area contributed by atoms with Crippen molar-refractivity contribution in [2.75, 3.05) is 51.6 Å². The summed E-state index contributed by atoms with van der Waals surface area (Å²) in [5.74, 6) is 10.6. The van der Waals surface area contributed by atoms with Crippen molar-refractivity contribution >= 4 is 91.6 Å². The zero-order valence-electron chi connectivity index (χ0n) is 71.0. The number of aromatic amines is 1. The number of anilines is 9. The van der Waals surface area contributed by atoms with E-state index < -0.39 is 0 Å². The SMILES string of the molecule is Cc1ccc(-c2nc(N)nc3c(Cc4cc(N)ccc4C)cnn23)o1.Cc1ccc(-c2nc(N)nc3c(Cc4ccc(N)c(C)c4)c(C)nn23)o1.Cc1ccc(-c2nc(N)nc3c(Cc4ccc(N)c(C)c4)cnn23)o1.Cc1ccc(-c2nc(N)nc3c(Cc4cccc5[nH]ncc45)cnn23)o1.Cc1ccc(N)c(Cc2cnn3c(-c4ccc(C)o4)nc(N)nc23)c1.